The summed E-state index contributed by atoms with van der Waals surface area (Å²) in [5, 5.41) is 7.08. The smallest absolute Gasteiger partial charge is 0.191 e. The first-order valence-electron chi connectivity index (χ1n) is 7.89. The van der Waals surface area contributed by atoms with Crippen molar-refractivity contribution in [2.45, 2.75) is 50.1 Å². The zero-order valence-corrected chi connectivity index (χ0v) is 13.2. The quantitative estimate of drug-likeness (QED) is 0.601. The van der Waals surface area contributed by atoms with Gasteiger partial charge in [0.05, 0.1) is 0 Å². The molecule has 0 unspecified atom stereocenters. The number of rotatable bonds is 4. The summed E-state index contributed by atoms with van der Waals surface area (Å²) in [6.45, 7) is 2.64. The summed E-state index contributed by atoms with van der Waals surface area (Å²) >= 11 is 0. The Morgan fingerprint density at radius 2 is 1.90 bits per heavy atom. The average Bonchev–Trinajstić information content (AvgIpc) is 2.97. The van der Waals surface area contributed by atoms with E-state index in [0.29, 0.717) is 6.04 Å². The molecule has 1 saturated carbocycles. The molecule has 20 heavy (non-hydrogen) atoms. The average molecular weight is 282 g/mol. The number of guanidine groups is 1. The lowest BCUT2D eigenvalue weighted by Gasteiger charge is -2.43. The fraction of sp³-hybridized carbons (Fsp3) is 0.933. The van der Waals surface area contributed by atoms with Crippen LogP contribution >= 0.6 is 0 Å². The molecule has 0 aromatic carbocycles. The van der Waals surface area contributed by atoms with Crippen LogP contribution in [0.4, 0.5) is 0 Å². The highest BCUT2D eigenvalue weighted by Crippen LogP contribution is 2.25. The number of hydrogen-bond donors (Lipinski definition) is 2. The molecule has 2 fully saturated rings. The van der Waals surface area contributed by atoms with Crippen LogP contribution in [0.2, 0.25) is 0 Å². The van der Waals surface area contributed by atoms with Gasteiger partial charge in [-0.2, -0.15) is 0 Å². The zero-order chi connectivity index (χ0) is 14.4. The Kier molecular flexibility index (Phi) is 5.66. The molecule has 5 heteroatoms. The Morgan fingerprint density at radius 1 is 1.25 bits per heavy atom. The van der Waals surface area contributed by atoms with Gasteiger partial charge in [-0.15, -0.1) is 0 Å². The van der Waals surface area contributed by atoms with Gasteiger partial charge in [-0.1, -0.05) is 12.8 Å². The molecule has 0 amide bonds. The summed E-state index contributed by atoms with van der Waals surface area (Å²) in [4.78, 5) is 6.71. The monoisotopic (exact) mass is 282 g/mol. The van der Waals surface area contributed by atoms with Gasteiger partial charge in [0.15, 0.2) is 5.96 Å². The lowest BCUT2D eigenvalue weighted by Crippen LogP contribution is -2.57. The van der Waals surface area contributed by atoms with E-state index in [1.807, 2.05) is 7.05 Å². The van der Waals surface area contributed by atoms with Gasteiger partial charge in [0.2, 0.25) is 0 Å². The second-order valence-electron chi connectivity index (χ2n) is 6.28. The number of aliphatic imine (C=N–C) groups is 1. The van der Waals surface area contributed by atoms with Crippen LogP contribution in [0.5, 0.6) is 0 Å². The van der Waals surface area contributed by atoms with Gasteiger partial charge in [0.25, 0.3) is 0 Å². The highest BCUT2D eigenvalue weighted by atomic mass is 16.5. The molecule has 1 aliphatic heterocycles. The third-order valence-corrected chi connectivity index (χ3v) is 4.88. The number of nitrogens with zero attached hydrogens (tertiary/aromatic N) is 2. The molecule has 0 spiro atoms. The van der Waals surface area contributed by atoms with E-state index in [9.17, 15) is 0 Å². The lowest BCUT2D eigenvalue weighted by atomic mass is 9.88. The number of hydrogen-bond acceptors (Lipinski definition) is 3. The Morgan fingerprint density at radius 3 is 2.45 bits per heavy atom. The first-order chi connectivity index (χ1) is 9.66. The molecule has 0 radical (unpaired) electrons. The predicted molar refractivity (Wildman–Crippen MR) is 83.2 cm³/mol. The van der Waals surface area contributed by atoms with Crippen molar-refractivity contribution in [3.05, 3.63) is 0 Å². The minimum absolute atomic E-state index is 0.186. The molecule has 2 N–H and O–H groups in total. The normalized spacial score (nSPS) is 24.1. The van der Waals surface area contributed by atoms with Crippen LogP contribution in [0.3, 0.4) is 0 Å². The molecule has 2 rings (SSSR count). The minimum atomic E-state index is 0.186. The van der Waals surface area contributed by atoms with Crippen LogP contribution in [0.15, 0.2) is 4.99 Å². The third kappa shape index (κ3) is 3.85. The molecule has 5 nitrogen and oxygen atoms in total. The topological polar surface area (TPSA) is 48.9 Å². The zero-order valence-electron chi connectivity index (χ0n) is 13.2. The summed E-state index contributed by atoms with van der Waals surface area (Å²) in [7, 11) is 6.19. The van der Waals surface area contributed by atoms with Gasteiger partial charge >= 0.3 is 0 Å². The summed E-state index contributed by atoms with van der Waals surface area (Å²) in [5.74, 6) is 0.949. The van der Waals surface area contributed by atoms with E-state index in [-0.39, 0.29) is 5.54 Å². The largest absolute Gasteiger partial charge is 0.381 e. The van der Waals surface area contributed by atoms with Gasteiger partial charge in [-0.3, -0.25) is 4.99 Å². The SMILES string of the molecule is CN=C(NCC1(N(C)C)CCOCC1)NC1CCCC1. The van der Waals surface area contributed by atoms with E-state index in [4.69, 9.17) is 4.74 Å². The van der Waals surface area contributed by atoms with Crippen molar-refractivity contribution >= 4 is 5.96 Å². The van der Waals surface area contributed by atoms with Crippen LogP contribution < -0.4 is 10.6 Å². The van der Waals surface area contributed by atoms with Gasteiger partial charge < -0.3 is 20.3 Å². The Labute approximate surface area is 123 Å². The van der Waals surface area contributed by atoms with E-state index >= 15 is 0 Å². The van der Waals surface area contributed by atoms with Gasteiger partial charge in [0, 0.05) is 38.4 Å². The molecule has 1 heterocycles. The lowest BCUT2D eigenvalue weighted by molar-refractivity contribution is -0.00502. The van der Waals surface area contributed by atoms with Crippen LogP contribution in [-0.2, 0) is 4.74 Å². The van der Waals surface area contributed by atoms with Gasteiger partial charge in [-0.25, -0.2) is 0 Å². The molecule has 1 saturated heterocycles. The van der Waals surface area contributed by atoms with Crippen molar-refractivity contribution in [2.75, 3.05) is 40.9 Å². The molecule has 1 aliphatic carbocycles. The van der Waals surface area contributed by atoms with Crippen LogP contribution in [-0.4, -0.2) is 63.3 Å². The van der Waals surface area contributed by atoms with Crippen molar-refractivity contribution < 1.29 is 4.74 Å². The molecular formula is C15H30N4O. The Balaban J connectivity index is 1.86. The van der Waals surface area contributed by atoms with Crippen LogP contribution in [0.25, 0.3) is 0 Å². The number of likely N-dealkylation sites (N-methyl/N-ethyl adjacent to an activating group) is 1. The maximum absolute atomic E-state index is 5.52. The fourth-order valence-corrected chi connectivity index (χ4v) is 3.24. The maximum Gasteiger partial charge on any atom is 0.191 e. The second kappa shape index (κ2) is 7.27. The molecular weight excluding hydrogens is 252 g/mol. The molecule has 0 bridgehead atoms. The highest BCUT2D eigenvalue weighted by molar-refractivity contribution is 5.80. The van der Waals surface area contributed by atoms with Crippen molar-refractivity contribution in [1.82, 2.24) is 15.5 Å². The third-order valence-electron chi connectivity index (χ3n) is 4.88. The van der Waals surface area contributed by atoms with Crippen molar-refractivity contribution in [1.29, 1.82) is 0 Å². The summed E-state index contributed by atoms with van der Waals surface area (Å²) in [5.41, 5.74) is 0.186. The predicted octanol–water partition coefficient (Wildman–Crippen LogP) is 1.20. The van der Waals surface area contributed by atoms with Gasteiger partial charge in [0.1, 0.15) is 0 Å². The van der Waals surface area contributed by atoms with E-state index < -0.39 is 0 Å². The first-order valence-corrected chi connectivity index (χ1v) is 7.89. The Bertz CT molecular complexity index is 318. The molecule has 116 valence electrons. The van der Waals surface area contributed by atoms with Crippen molar-refractivity contribution in [3.8, 4) is 0 Å². The van der Waals surface area contributed by atoms with Crippen molar-refractivity contribution in [3.63, 3.8) is 0 Å². The van der Waals surface area contributed by atoms with E-state index in [1.165, 1.54) is 25.7 Å². The van der Waals surface area contributed by atoms with Crippen LogP contribution in [0.1, 0.15) is 38.5 Å². The summed E-state index contributed by atoms with van der Waals surface area (Å²) < 4.78 is 5.52. The highest BCUT2D eigenvalue weighted by Gasteiger charge is 2.34. The molecule has 2 aliphatic rings. The first kappa shape index (κ1) is 15.6. The second-order valence-corrected chi connectivity index (χ2v) is 6.28. The fourth-order valence-electron chi connectivity index (χ4n) is 3.24. The minimum Gasteiger partial charge on any atom is -0.381 e. The van der Waals surface area contributed by atoms with Crippen LogP contribution in [0, 0.1) is 0 Å². The number of nitrogens with one attached hydrogen (secondary N) is 2. The van der Waals surface area contributed by atoms with E-state index in [2.05, 4.69) is 34.6 Å². The maximum atomic E-state index is 5.52. The van der Waals surface area contributed by atoms with Gasteiger partial charge in [-0.05, 0) is 39.8 Å². The van der Waals surface area contributed by atoms with E-state index in [0.717, 1.165) is 38.6 Å². The standard InChI is InChI=1S/C15H30N4O/c1-16-14(18-13-6-4-5-7-13)17-12-15(19(2)3)8-10-20-11-9-15/h13H,4-12H2,1-3H3,(H2,16,17,18). The molecule has 0 aromatic rings. The molecule has 0 aromatic heterocycles. The number of ether oxygens (including phenoxy) is 1. The Hall–Kier alpha value is -0.810. The molecule has 0 atom stereocenters. The van der Waals surface area contributed by atoms with E-state index in [1.54, 1.807) is 0 Å². The summed E-state index contributed by atoms with van der Waals surface area (Å²) in [6.07, 6.45) is 7.38. The van der Waals surface area contributed by atoms with Crippen molar-refractivity contribution in [2.24, 2.45) is 4.99 Å². The summed E-state index contributed by atoms with van der Waals surface area (Å²) in [6, 6.07) is 0.603.